The van der Waals surface area contributed by atoms with Crippen LogP contribution >= 0.6 is 11.8 Å². The minimum Gasteiger partial charge on any atom is -0.467 e. The predicted molar refractivity (Wildman–Crippen MR) is 105 cm³/mol. The van der Waals surface area contributed by atoms with Crippen molar-refractivity contribution in [2.75, 3.05) is 10.7 Å². The maximum atomic E-state index is 13.5. The summed E-state index contributed by atoms with van der Waals surface area (Å²) in [5, 5.41) is 2.76. The van der Waals surface area contributed by atoms with Gasteiger partial charge in [0.2, 0.25) is 5.91 Å². The Hall–Kier alpha value is -3.13. The second-order valence-electron chi connectivity index (χ2n) is 6.49. The van der Waals surface area contributed by atoms with Gasteiger partial charge in [-0.05, 0) is 48.0 Å². The smallest absolute Gasteiger partial charge is 0.251 e. The van der Waals surface area contributed by atoms with Crippen LogP contribution in [0.25, 0.3) is 0 Å². The van der Waals surface area contributed by atoms with E-state index in [9.17, 15) is 18.4 Å². The van der Waals surface area contributed by atoms with Crippen LogP contribution in [0.5, 0.6) is 0 Å². The van der Waals surface area contributed by atoms with E-state index in [2.05, 4.69) is 5.32 Å². The lowest BCUT2D eigenvalue weighted by atomic mass is 10.1. The second kappa shape index (κ2) is 8.08. The molecule has 1 aliphatic heterocycles. The van der Waals surface area contributed by atoms with Gasteiger partial charge in [0.15, 0.2) is 0 Å². The number of carbonyl (C=O) groups is 2. The number of thioether (sulfide) groups is 1. The van der Waals surface area contributed by atoms with E-state index in [4.69, 9.17) is 4.42 Å². The molecule has 1 N–H and O–H groups in total. The van der Waals surface area contributed by atoms with Gasteiger partial charge in [0.1, 0.15) is 17.4 Å². The van der Waals surface area contributed by atoms with Crippen molar-refractivity contribution in [1.82, 2.24) is 5.32 Å². The first-order chi connectivity index (χ1) is 14.0. The van der Waals surface area contributed by atoms with Crippen LogP contribution in [0.15, 0.2) is 64.1 Å². The van der Waals surface area contributed by atoms with Crippen molar-refractivity contribution in [2.24, 2.45) is 0 Å². The summed E-state index contributed by atoms with van der Waals surface area (Å²) in [6.07, 6.45) is 1.52. The van der Waals surface area contributed by atoms with E-state index in [1.165, 1.54) is 35.1 Å². The summed E-state index contributed by atoms with van der Waals surface area (Å²) in [4.78, 5) is 27.3. The summed E-state index contributed by atoms with van der Waals surface area (Å²) in [6.45, 7) is 0.251. The highest BCUT2D eigenvalue weighted by atomic mass is 32.2. The zero-order valence-corrected chi connectivity index (χ0v) is 16.0. The summed E-state index contributed by atoms with van der Waals surface area (Å²) in [5.41, 5.74) is 1.25. The molecule has 148 valence electrons. The van der Waals surface area contributed by atoms with Crippen LogP contribution in [-0.4, -0.2) is 17.6 Å². The lowest BCUT2D eigenvalue weighted by Crippen LogP contribution is -2.35. The largest absolute Gasteiger partial charge is 0.467 e. The van der Waals surface area contributed by atoms with Gasteiger partial charge in [0.25, 0.3) is 5.91 Å². The fourth-order valence-corrected chi connectivity index (χ4v) is 4.00. The highest BCUT2D eigenvalue weighted by molar-refractivity contribution is 8.00. The molecule has 1 aromatic heterocycles. The fraction of sp³-hybridized carbons (Fsp3) is 0.143. The van der Waals surface area contributed by atoms with Crippen LogP contribution in [0.2, 0.25) is 0 Å². The third-order valence-electron chi connectivity index (χ3n) is 4.43. The third-order valence-corrected chi connectivity index (χ3v) is 5.48. The first-order valence-corrected chi connectivity index (χ1v) is 9.81. The molecule has 2 amide bonds. The molecule has 4 rings (SSSR count). The molecule has 2 heterocycles. The highest BCUT2D eigenvalue weighted by Gasteiger charge is 2.26. The Morgan fingerprint density at radius 1 is 1.14 bits per heavy atom. The Morgan fingerprint density at radius 2 is 1.93 bits per heavy atom. The molecule has 5 nitrogen and oxygen atoms in total. The number of nitrogens with one attached hydrogen (secondary N) is 1. The first kappa shape index (κ1) is 19.2. The Kier molecular flexibility index (Phi) is 5.35. The lowest BCUT2D eigenvalue weighted by molar-refractivity contribution is -0.116. The van der Waals surface area contributed by atoms with Gasteiger partial charge < -0.3 is 14.6 Å². The minimum atomic E-state index is -0.704. The molecule has 29 heavy (non-hydrogen) atoms. The number of amides is 2. The number of benzene rings is 2. The van der Waals surface area contributed by atoms with E-state index in [1.54, 1.807) is 30.3 Å². The molecule has 0 aliphatic carbocycles. The van der Waals surface area contributed by atoms with Crippen LogP contribution in [0.3, 0.4) is 0 Å². The van der Waals surface area contributed by atoms with E-state index in [1.807, 2.05) is 0 Å². The number of halogens is 2. The molecule has 0 spiro atoms. The molecule has 1 aliphatic rings. The fourth-order valence-electron chi connectivity index (χ4n) is 3.08. The van der Waals surface area contributed by atoms with Gasteiger partial charge in [0, 0.05) is 16.5 Å². The average molecular weight is 414 g/mol. The van der Waals surface area contributed by atoms with Crippen molar-refractivity contribution in [3.05, 3.63) is 83.3 Å². The number of fused-ring (bicyclic) bond motifs is 1. The zero-order valence-electron chi connectivity index (χ0n) is 15.2. The number of furan rings is 1. The first-order valence-electron chi connectivity index (χ1n) is 8.82. The highest BCUT2D eigenvalue weighted by Crippen LogP contribution is 2.37. The monoisotopic (exact) mass is 414 g/mol. The number of carbonyl (C=O) groups excluding carboxylic acids is 2. The molecular formula is C21H16F2N2O3S. The summed E-state index contributed by atoms with van der Waals surface area (Å²) >= 11 is 1.36. The van der Waals surface area contributed by atoms with Crippen molar-refractivity contribution in [3.8, 4) is 0 Å². The van der Waals surface area contributed by atoms with E-state index >= 15 is 0 Å². The van der Waals surface area contributed by atoms with Gasteiger partial charge in [-0.3, -0.25) is 9.59 Å². The zero-order chi connectivity index (χ0) is 20.4. The van der Waals surface area contributed by atoms with Crippen molar-refractivity contribution >= 4 is 29.3 Å². The molecule has 0 unspecified atom stereocenters. The van der Waals surface area contributed by atoms with Crippen molar-refractivity contribution in [2.45, 2.75) is 18.0 Å². The third kappa shape index (κ3) is 4.32. The van der Waals surface area contributed by atoms with Crippen LogP contribution < -0.4 is 10.2 Å². The minimum absolute atomic E-state index is 0.0124. The molecule has 0 radical (unpaired) electrons. The molecule has 0 saturated heterocycles. The molecule has 0 bridgehead atoms. The van der Waals surface area contributed by atoms with Gasteiger partial charge in [0.05, 0.1) is 30.8 Å². The molecule has 3 aromatic rings. The maximum absolute atomic E-state index is 13.5. The maximum Gasteiger partial charge on any atom is 0.251 e. The Labute approximate surface area is 169 Å². The Balaban J connectivity index is 1.58. The van der Waals surface area contributed by atoms with Gasteiger partial charge in [-0.25, -0.2) is 8.78 Å². The number of hydrogen-bond acceptors (Lipinski definition) is 4. The molecule has 0 atom stereocenters. The Morgan fingerprint density at radius 3 is 2.66 bits per heavy atom. The van der Waals surface area contributed by atoms with Crippen molar-refractivity contribution in [1.29, 1.82) is 0 Å². The quantitative estimate of drug-likeness (QED) is 0.682. The normalized spacial score (nSPS) is 13.3. The molecule has 0 saturated carbocycles. The summed E-state index contributed by atoms with van der Waals surface area (Å²) < 4.78 is 32.3. The average Bonchev–Trinajstić information content (AvgIpc) is 3.21. The summed E-state index contributed by atoms with van der Waals surface area (Å²) in [5.74, 6) is -1.08. The van der Waals surface area contributed by atoms with Crippen LogP contribution in [0.1, 0.15) is 21.7 Å². The molecule has 8 heteroatoms. The number of nitrogens with zero attached hydrogens (tertiary/aromatic N) is 1. The SMILES string of the molecule is O=C(NCc1ccco1)c1ccc2c(c1)N(Cc1cc(F)cc(F)c1)C(=O)CS2. The van der Waals surface area contributed by atoms with Gasteiger partial charge in [-0.15, -0.1) is 11.8 Å². The molecular weight excluding hydrogens is 398 g/mol. The second-order valence-corrected chi connectivity index (χ2v) is 7.51. The number of rotatable bonds is 5. The summed E-state index contributed by atoms with van der Waals surface area (Å²) in [7, 11) is 0. The van der Waals surface area contributed by atoms with Crippen LogP contribution in [-0.2, 0) is 17.9 Å². The van der Waals surface area contributed by atoms with Gasteiger partial charge in [-0.1, -0.05) is 0 Å². The van der Waals surface area contributed by atoms with Gasteiger partial charge >= 0.3 is 0 Å². The van der Waals surface area contributed by atoms with Gasteiger partial charge in [-0.2, -0.15) is 0 Å². The molecule has 0 fully saturated rings. The number of hydrogen-bond donors (Lipinski definition) is 1. The van der Waals surface area contributed by atoms with E-state index in [0.717, 1.165) is 11.0 Å². The topological polar surface area (TPSA) is 62.6 Å². The van der Waals surface area contributed by atoms with Crippen LogP contribution in [0, 0.1) is 11.6 Å². The number of anilines is 1. The van der Waals surface area contributed by atoms with E-state index < -0.39 is 11.6 Å². The van der Waals surface area contributed by atoms with Crippen molar-refractivity contribution < 1.29 is 22.8 Å². The Bertz CT molecular complexity index is 1050. The predicted octanol–water partition coefficient (Wildman–Crippen LogP) is 4.13. The van der Waals surface area contributed by atoms with E-state index in [-0.39, 0.29) is 30.7 Å². The van der Waals surface area contributed by atoms with Crippen LogP contribution in [0.4, 0.5) is 14.5 Å². The lowest BCUT2D eigenvalue weighted by Gasteiger charge is -2.29. The van der Waals surface area contributed by atoms with Crippen molar-refractivity contribution in [3.63, 3.8) is 0 Å². The molecule has 2 aromatic carbocycles. The summed E-state index contributed by atoms with van der Waals surface area (Å²) in [6, 6.07) is 11.7. The standard InChI is InChI=1S/C21H16F2N2O3S/c22-15-6-13(7-16(23)9-15)11-25-18-8-14(3-4-19(18)29-12-20(25)26)21(27)24-10-17-2-1-5-28-17/h1-9H,10-12H2,(H,24,27). The van der Waals surface area contributed by atoms with E-state index in [0.29, 0.717) is 22.6 Å².